The summed E-state index contributed by atoms with van der Waals surface area (Å²) in [7, 11) is 0. The Bertz CT molecular complexity index is 491. The second kappa shape index (κ2) is 4.84. The molecule has 0 amide bonds. The third-order valence-electron chi connectivity index (χ3n) is 2.48. The molecule has 0 aromatic carbocycles. The van der Waals surface area contributed by atoms with Crippen LogP contribution in [0.15, 0.2) is 23.3 Å². The molecule has 1 aromatic heterocycles. The molecule has 3 N–H and O–H groups in total. The summed E-state index contributed by atoms with van der Waals surface area (Å²) in [5.41, 5.74) is 6.05. The number of nitrogens with zero attached hydrogens (tertiary/aromatic N) is 4. The van der Waals surface area contributed by atoms with Crippen LogP contribution < -0.4 is 5.73 Å². The van der Waals surface area contributed by atoms with Crippen LogP contribution in [0.4, 0.5) is 0 Å². The van der Waals surface area contributed by atoms with Gasteiger partial charge >= 0.3 is 6.29 Å². The number of aliphatic hydroxyl groups excluding tert-OH is 1. The van der Waals surface area contributed by atoms with Crippen molar-refractivity contribution in [1.29, 1.82) is 0 Å². The van der Waals surface area contributed by atoms with Crippen molar-refractivity contribution < 1.29 is 10.0 Å². The predicted molar refractivity (Wildman–Crippen MR) is 63.2 cm³/mol. The van der Waals surface area contributed by atoms with Crippen LogP contribution in [-0.2, 0) is 6.54 Å². The minimum absolute atomic E-state index is 0.0984. The lowest BCUT2D eigenvalue weighted by Crippen LogP contribution is -2.44. The number of aromatic nitrogens is 1. The standard InChI is InChI=1S/C9H10ClN5O3/c10-6-2-1-5(3-12-6)4-14-8(16)7(11)13-9(14)15(17)18/h1-3,8-9,16H,4H2,(H2,11,13). The Labute approximate surface area is 107 Å². The van der Waals surface area contributed by atoms with Gasteiger partial charge in [0.1, 0.15) is 11.0 Å². The molecule has 0 fully saturated rings. The third-order valence-corrected chi connectivity index (χ3v) is 2.71. The maximum Gasteiger partial charge on any atom is 0.369 e. The van der Waals surface area contributed by atoms with Crippen LogP contribution in [0, 0.1) is 10.1 Å². The zero-order chi connectivity index (χ0) is 13.3. The van der Waals surface area contributed by atoms with E-state index in [0.29, 0.717) is 10.7 Å². The van der Waals surface area contributed by atoms with Gasteiger partial charge in [-0.25, -0.2) is 4.98 Å². The van der Waals surface area contributed by atoms with E-state index in [1.165, 1.54) is 6.20 Å². The van der Waals surface area contributed by atoms with Crippen LogP contribution in [0.3, 0.4) is 0 Å². The minimum atomic E-state index is -1.38. The number of pyridine rings is 1. The molecular weight excluding hydrogens is 262 g/mol. The molecule has 0 saturated heterocycles. The fourth-order valence-electron chi connectivity index (χ4n) is 1.62. The number of nitro groups is 1. The monoisotopic (exact) mass is 271 g/mol. The Morgan fingerprint density at radius 3 is 2.89 bits per heavy atom. The smallest absolute Gasteiger partial charge is 0.369 e. The number of aliphatic imine (C=N–C) groups is 1. The first-order valence-electron chi connectivity index (χ1n) is 5.00. The molecule has 0 aliphatic carbocycles. The molecule has 9 heteroatoms. The Kier molecular flexibility index (Phi) is 3.41. The van der Waals surface area contributed by atoms with Gasteiger partial charge in [-0.05, 0) is 11.6 Å². The van der Waals surface area contributed by atoms with Crippen molar-refractivity contribution in [3.8, 4) is 0 Å². The lowest BCUT2D eigenvalue weighted by atomic mass is 10.2. The summed E-state index contributed by atoms with van der Waals surface area (Å²) < 4.78 is 0. The number of nitrogens with two attached hydrogens (primary N) is 1. The molecule has 8 nitrogen and oxygen atoms in total. The zero-order valence-corrected chi connectivity index (χ0v) is 9.86. The fraction of sp³-hybridized carbons (Fsp3) is 0.333. The Morgan fingerprint density at radius 2 is 2.33 bits per heavy atom. The summed E-state index contributed by atoms with van der Waals surface area (Å²) in [6.07, 6.45) is -1.17. The normalized spacial score (nSPS) is 24.0. The Balaban J connectivity index is 2.17. The molecule has 0 bridgehead atoms. The molecule has 0 radical (unpaired) electrons. The molecule has 96 valence electrons. The highest BCUT2D eigenvalue weighted by atomic mass is 35.5. The molecule has 2 rings (SSSR count). The van der Waals surface area contributed by atoms with E-state index in [-0.39, 0.29) is 12.4 Å². The van der Waals surface area contributed by atoms with Gasteiger partial charge in [-0.3, -0.25) is 10.1 Å². The highest BCUT2D eigenvalue weighted by molar-refractivity contribution is 6.29. The lowest BCUT2D eigenvalue weighted by molar-refractivity contribution is -0.550. The van der Waals surface area contributed by atoms with Gasteiger partial charge in [-0.1, -0.05) is 17.7 Å². The zero-order valence-electron chi connectivity index (χ0n) is 9.10. The van der Waals surface area contributed by atoms with Gasteiger partial charge in [-0.2, -0.15) is 9.89 Å². The van der Waals surface area contributed by atoms with Gasteiger partial charge in [0.25, 0.3) is 0 Å². The van der Waals surface area contributed by atoms with Crippen LogP contribution in [0.25, 0.3) is 0 Å². The minimum Gasteiger partial charge on any atom is -0.384 e. The summed E-state index contributed by atoms with van der Waals surface area (Å²) in [5, 5.41) is 20.8. The van der Waals surface area contributed by atoms with Crippen molar-refractivity contribution in [2.45, 2.75) is 19.1 Å². The van der Waals surface area contributed by atoms with Crippen LogP contribution in [0.2, 0.25) is 5.15 Å². The second-order valence-electron chi connectivity index (χ2n) is 3.72. The van der Waals surface area contributed by atoms with Crippen LogP contribution in [0.5, 0.6) is 0 Å². The van der Waals surface area contributed by atoms with E-state index >= 15 is 0 Å². The van der Waals surface area contributed by atoms with E-state index in [2.05, 4.69) is 9.98 Å². The molecule has 0 spiro atoms. The summed E-state index contributed by atoms with van der Waals surface area (Å²) in [6, 6.07) is 3.22. The maximum atomic E-state index is 10.8. The van der Waals surface area contributed by atoms with E-state index in [4.69, 9.17) is 17.3 Å². The van der Waals surface area contributed by atoms with E-state index < -0.39 is 17.4 Å². The molecule has 1 aromatic rings. The first kappa shape index (κ1) is 12.7. The van der Waals surface area contributed by atoms with Gasteiger partial charge in [0.05, 0.1) is 4.92 Å². The van der Waals surface area contributed by atoms with Crippen molar-refractivity contribution in [2.75, 3.05) is 0 Å². The van der Waals surface area contributed by atoms with Crippen LogP contribution in [0.1, 0.15) is 5.56 Å². The van der Waals surface area contributed by atoms with Crippen LogP contribution >= 0.6 is 11.6 Å². The van der Waals surface area contributed by atoms with Gasteiger partial charge in [0.15, 0.2) is 6.23 Å². The summed E-state index contributed by atoms with van der Waals surface area (Å²) in [4.78, 5) is 18.8. The van der Waals surface area contributed by atoms with Gasteiger partial charge in [0, 0.05) is 12.7 Å². The summed E-state index contributed by atoms with van der Waals surface area (Å²) in [6.45, 7) is 0.0984. The summed E-state index contributed by atoms with van der Waals surface area (Å²) in [5.74, 6) is -0.168. The highest BCUT2D eigenvalue weighted by Gasteiger charge is 2.41. The number of aliphatic hydroxyl groups is 1. The molecule has 1 aliphatic heterocycles. The molecule has 2 atom stereocenters. The quantitative estimate of drug-likeness (QED) is 0.446. The number of hydrogen-bond acceptors (Lipinski definition) is 7. The van der Waals surface area contributed by atoms with E-state index in [1.54, 1.807) is 12.1 Å². The topological polar surface area (TPSA) is 118 Å². The molecular formula is C9H10ClN5O3. The molecule has 2 unspecified atom stereocenters. The first-order valence-corrected chi connectivity index (χ1v) is 5.37. The molecule has 18 heavy (non-hydrogen) atoms. The van der Waals surface area contributed by atoms with E-state index in [0.717, 1.165) is 4.90 Å². The number of rotatable bonds is 3. The fourth-order valence-corrected chi connectivity index (χ4v) is 1.73. The second-order valence-corrected chi connectivity index (χ2v) is 4.11. The van der Waals surface area contributed by atoms with Gasteiger partial charge in [0.2, 0.25) is 0 Å². The van der Waals surface area contributed by atoms with Crippen molar-refractivity contribution in [2.24, 2.45) is 10.7 Å². The van der Waals surface area contributed by atoms with Crippen molar-refractivity contribution >= 4 is 17.4 Å². The van der Waals surface area contributed by atoms with Crippen molar-refractivity contribution in [3.05, 3.63) is 39.2 Å². The third kappa shape index (κ3) is 2.40. The number of halogens is 1. The molecule has 2 heterocycles. The molecule has 1 aliphatic rings. The number of hydrogen-bond donors (Lipinski definition) is 2. The highest BCUT2D eigenvalue weighted by Crippen LogP contribution is 2.18. The van der Waals surface area contributed by atoms with E-state index in [1.807, 2.05) is 0 Å². The maximum absolute atomic E-state index is 10.8. The largest absolute Gasteiger partial charge is 0.384 e. The first-order chi connectivity index (χ1) is 8.49. The van der Waals surface area contributed by atoms with Crippen molar-refractivity contribution in [1.82, 2.24) is 9.88 Å². The predicted octanol–water partition coefficient (Wildman–Crippen LogP) is -0.213. The van der Waals surface area contributed by atoms with Gasteiger partial charge in [-0.15, -0.1) is 0 Å². The van der Waals surface area contributed by atoms with Gasteiger partial charge < -0.3 is 10.8 Å². The Hall–Kier alpha value is -1.77. The van der Waals surface area contributed by atoms with Crippen LogP contribution in [-0.4, -0.2) is 38.3 Å². The average molecular weight is 272 g/mol. The number of amidine groups is 1. The summed E-state index contributed by atoms with van der Waals surface area (Å²) >= 11 is 5.63. The SMILES string of the molecule is NC1=NC([N+](=O)[O-])N(Cc2ccc(Cl)nc2)C1O. The van der Waals surface area contributed by atoms with Crippen molar-refractivity contribution in [3.63, 3.8) is 0 Å². The lowest BCUT2D eigenvalue weighted by Gasteiger charge is -2.20. The van der Waals surface area contributed by atoms with E-state index in [9.17, 15) is 15.2 Å². The average Bonchev–Trinajstić information content (AvgIpc) is 2.60. The Morgan fingerprint density at radius 1 is 1.61 bits per heavy atom. The molecule has 0 saturated carbocycles.